The molecule has 6 nitrogen and oxygen atoms in total. The summed E-state index contributed by atoms with van der Waals surface area (Å²) in [5.74, 6) is 0.284. The molecule has 2 N–H and O–H groups in total. The van der Waals surface area contributed by atoms with Gasteiger partial charge in [-0.1, -0.05) is 12.1 Å². The number of aromatic nitrogens is 1. The molecule has 1 fully saturated rings. The average molecular weight is 339 g/mol. The van der Waals surface area contributed by atoms with Crippen molar-refractivity contribution in [1.29, 1.82) is 0 Å². The van der Waals surface area contributed by atoms with Crippen molar-refractivity contribution in [2.75, 3.05) is 12.4 Å². The zero-order valence-electron chi connectivity index (χ0n) is 14.3. The predicted molar refractivity (Wildman–Crippen MR) is 94.6 cm³/mol. The summed E-state index contributed by atoms with van der Waals surface area (Å²) in [6.45, 7) is 2.45. The number of benzene rings is 1. The SMILES string of the molecule is COC(=O)c1ccc(CNc2ccc(C(=O)NC3CC3)cn2)cc1C. The van der Waals surface area contributed by atoms with Crippen molar-refractivity contribution in [3.8, 4) is 0 Å². The summed E-state index contributed by atoms with van der Waals surface area (Å²) < 4.78 is 4.75. The van der Waals surface area contributed by atoms with E-state index in [9.17, 15) is 9.59 Å². The number of nitrogens with one attached hydrogen (secondary N) is 2. The molecule has 6 heteroatoms. The maximum absolute atomic E-state index is 11.9. The van der Waals surface area contributed by atoms with Crippen molar-refractivity contribution >= 4 is 17.7 Å². The van der Waals surface area contributed by atoms with Gasteiger partial charge in [-0.2, -0.15) is 0 Å². The number of carbonyl (C=O) groups is 2. The maximum atomic E-state index is 11.9. The van der Waals surface area contributed by atoms with Crippen LogP contribution in [0.5, 0.6) is 0 Å². The number of methoxy groups -OCH3 is 1. The van der Waals surface area contributed by atoms with Gasteiger partial charge in [0.05, 0.1) is 18.2 Å². The highest BCUT2D eigenvalue weighted by molar-refractivity contribution is 5.94. The van der Waals surface area contributed by atoms with Gasteiger partial charge in [-0.05, 0) is 49.1 Å². The fourth-order valence-electron chi connectivity index (χ4n) is 2.50. The first-order valence-electron chi connectivity index (χ1n) is 8.25. The third-order valence-corrected chi connectivity index (χ3v) is 4.11. The van der Waals surface area contributed by atoms with E-state index >= 15 is 0 Å². The molecule has 1 aliphatic carbocycles. The van der Waals surface area contributed by atoms with Crippen molar-refractivity contribution in [3.63, 3.8) is 0 Å². The number of amides is 1. The van der Waals surface area contributed by atoms with E-state index in [0.29, 0.717) is 29.5 Å². The van der Waals surface area contributed by atoms with Gasteiger partial charge in [0.2, 0.25) is 0 Å². The Kier molecular flexibility index (Phi) is 4.97. The third kappa shape index (κ3) is 4.35. The summed E-state index contributed by atoms with van der Waals surface area (Å²) in [4.78, 5) is 27.8. The number of ether oxygens (including phenoxy) is 1. The molecule has 0 atom stereocenters. The van der Waals surface area contributed by atoms with Crippen molar-refractivity contribution in [2.24, 2.45) is 0 Å². The number of hydrogen-bond acceptors (Lipinski definition) is 5. The molecule has 0 saturated heterocycles. The molecule has 25 heavy (non-hydrogen) atoms. The summed E-state index contributed by atoms with van der Waals surface area (Å²) in [5, 5.41) is 6.15. The molecule has 0 aliphatic heterocycles. The Morgan fingerprint density at radius 3 is 2.64 bits per heavy atom. The monoisotopic (exact) mass is 339 g/mol. The Morgan fingerprint density at radius 2 is 2.04 bits per heavy atom. The molecule has 1 heterocycles. The molecule has 0 spiro atoms. The molecule has 0 radical (unpaired) electrons. The minimum absolute atomic E-state index is 0.0735. The Hall–Kier alpha value is -2.89. The van der Waals surface area contributed by atoms with Gasteiger partial charge in [0.15, 0.2) is 0 Å². The van der Waals surface area contributed by atoms with Gasteiger partial charge < -0.3 is 15.4 Å². The van der Waals surface area contributed by atoms with E-state index in [1.807, 2.05) is 19.1 Å². The molecule has 1 amide bonds. The molecular formula is C19H21N3O3. The van der Waals surface area contributed by atoms with E-state index in [0.717, 1.165) is 24.0 Å². The van der Waals surface area contributed by atoms with E-state index in [2.05, 4.69) is 15.6 Å². The maximum Gasteiger partial charge on any atom is 0.338 e. The molecule has 3 rings (SSSR count). The summed E-state index contributed by atoms with van der Waals surface area (Å²) in [7, 11) is 1.37. The van der Waals surface area contributed by atoms with Crippen molar-refractivity contribution in [2.45, 2.75) is 32.4 Å². The molecule has 1 saturated carbocycles. The van der Waals surface area contributed by atoms with Crippen LogP contribution >= 0.6 is 0 Å². The Morgan fingerprint density at radius 1 is 1.24 bits per heavy atom. The Labute approximate surface area is 146 Å². The number of nitrogens with zero attached hydrogens (tertiary/aromatic N) is 1. The van der Waals surface area contributed by atoms with Gasteiger partial charge in [-0.15, -0.1) is 0 Å². The van der Waals surface area contributed by atoms with Gasteiger partial charge in [-0.3, -0.25) is 4.79 Å². The van der Waals surface area contributed by atoms with E-state index < -0.39 is 0 Å². The second-order valence-corrected chi connectivity index (χ2v) is 6.17. The second-order valence-electron chi connectivity index (χ2n) is 6.17. The molecule has 2 aromatic rings. The van der Waals surface area contributed by atoms with E-state index in [1.165, 1.54) is 7.11 Å². The lowest BCUT2D eigenvalue weighted by Gasteiger charge is -2.09. The smallest absolute Gasteiger partial charge is 0.338 e. The van der Waals surface area contributed by atoms with Gasteiger partial charge in [0.1, 0.15) is 5.82 Å². The van der Waals surface area contributed by atoms with Gasteiger partial charge in [0.25, 0.3) is 5.91 Å². The summed E-state index contributed by atoms with van der Waals surface area (Å²) in [6.07, 6.45) is 3.70. The van der Waals surface area contributed by atoms with E-state index in [-0.39, 0.29) is 11.9 Å². The normalized spacial score (nSPS) is 13.2. The lowest BCUT2D eigenvalue weighted by Crippen LogP contribution is -2.25. The van der Waals surface area contributed by atoms with Crippen LogP contribution in [0.1, 0.15) is 44.7 Å². The molecule has 1 aromatic heterocycles. The zero-order valence-corrected chi connectivity index (χ0v) is 14.3. The van der Waals surface area contributed by atoms with Gasteiger partial charge >= 0.3 is 5.97 Å². The lowest BCUT2D eigenvalue weighted by atomic mass is 10.1. The fraction of sp³-hybridized carbons (Fsp3) is 0.316. The number of esters is 1. The highest BCUT2D eigenvalue weighted by Gasteiger charge is 2.23. The van der Waals surface area contributed by atoms with Crippen LogP contribution in [0.3, 0.4) is 0 Å². The molecule has 0 bridgehead atoms. The highest BCUT2D eigenvalue weighted by atomic mass is 16.5. The lowest BCUT2D eigenvalue weighted by molar-refractivity contribution is 0.0599. The molecule has 1 aromatic carbocycles. The van der Waals surface area contributed by atoms with E-state index in [4.69, 9.17) is 4.74 Å². The Bertz CT molecular complexity index is 783. The number of hydrogen-bond donors (Lipinski definition) is 2. The van der Waals surface area contributed by atoms with Crippen LogP contribution < -0.4 is 10.6 Å². The van der Waals surface area contributed by atoms with Crippen LogP contribution in [-0.2, 0) is 11.3 Å². The van der Waals surface area contributed by atoms with E-state index in [1.54, 1.807) is 24.4 Å². The molecule has 1 aliphatic rings. The fourth-order valence-corrected chi connectivity index (χ4v) is 2.50. The largest absolute Gasteiger partial charge is 0.465 e. The molecule has 130 valence electrons. The van der Waals surface area contributed by atoms with Crippen LogP contribution in [-0.4, -0.2) is 30.0 Å². The predicted octanol–water partition coefficient (Wildman–Crippen LogP) is 2.68. The van der Waals surface area contributed by atoms with Crippen LogP contribution in [0.25, 0.3) is 0 Å². The highest BCUT2D eigenvalue weighted by Crippen LogP contribution is 2.19. The van der Waals surface area contributed by atoms with Crippen molar-refractivity contribution in [3.05, 3.63) is 58.8 Å². The standard InChI is InChI=1S/C19H21N3O3/c1-12-9-13(3-7-16(12)19(24)25-2)10-20-17-8-4-14(11-21-17)18(23)22-15-5-6-15/h3-4,7-9,11,15H,5-6,10H2,1-2H3,(H,20,21)(H,22,23). The van der Waals surface area contributed by atoms with Crippen molar-refractivity contribution < 1.29 is 14.3 Å². The van der Waals surface area contributed by atoms with Crippen LogP contribution in [0, 0.1) is 6.92 Å². The number of rotatable bonds is 6. The second kappa shape index (κ2) is 7.34. The molecule has 0 unspecified atom stereocenters. The number of carbonyl (C=O) groups excluding carboxylic acids is 2. The molecular weight excluding hydrogens is 318 g/mol. The van der Waals surface area contributed by atoms with Crippen molar-refractivity contribution in [1.82, 2.24) is 10.3 Å². The minimum atomic E-state index is -0.335. The van der Waals surface area contributed by atoms with Gasteiger partial charge in [0, 0.05) is 18.8 Å². The number of pyridine rings is 1. The first-order chi connectivity index (χ1) is 12.1. The topological polar surface area (TPSA) is 80.3 Å². The quantitative estimate of drug-likeness (QED) is 0.791. The van der Waals surface area contributed by atoms with Gasteiger partial charge in [-0.25, -0.2) is 9.78 Å². The van der Waals surface area contributed by atoms with Crippen LogP contribution in [0.4, 0.5) is 5.82 Å². The average Bonchev–Trinajstić information content (AvgIpc) is 3.43. The van der Waals surface area contributed by atoms with Crippen LogP contribution in [0.2, 0.25) is 0 Å². The summed E-state index contributed by atoms with van der Waals surface area (Å²) in [6, 6.07) is 9.47. The van der Waals surface area contributed by atoms with Crippen LogP contribution in [0.15, 0.2) is 36.5 Å². The number of anilines is 1. The first kappa shape index (κ1) is 17.0. The Balaban J connectivity index is 1.58. The number of aryl methyl sites for hydroxylation is 1. The summed E-state index contributed by atoms with van der Waals surface area (Å²) >= 11 is 0. The zero-order chi connectivity index (χ0) is 17.8. The third-order valence-electron chi connectivity index (χ3n) is 4.11. The first-order valence-corrected chi connectivity index (χ1v) is 8.25. The summed E-state index contributed by atoms with van der Waals surface area (Å²) in [5.41, 5.74) is 3.03. The minimum Gasteiger partial charge on any atom is -0.465 e.